The zero-order valence-corrected chi connectivity index (χ0v) is 20.1. The van der Waals surface area contributed by atoms with Crippen LogP contribution in [0.2, 0.25) is 5.02 Å². The van der Waals surface area contributed by atoms with Crippen LogP contribution in [0.3, 0.4) is 0 Å². The van der Waals surface area contributed by atoms with Crippen LogP contribution in [0.15, 0.2) is 47.8 Å². The number of benzene rings is 2. The summed E-state index contributed by atoms with van der Waals surface area (Å²) in [5.74, 6) is -1.73. The van der Waals surface area contributed by atoms with Crippen molar-refractivity contribution in [2.75, 3.05) is 5.32 Å². The molecule has 3 amide bonds. The number of hydrogen-bond donors (Lipinski definition) is 3. The van der Waals surface area contributed by atoms with E-state index in [-0.39, 0.29) is 36.0 Å². The van der Waals surface area contributed by atoms with Crippen LogP contribution in [0.4, 0.5) is 19.3 Å². The van der Waals surface area contributed by atoms with Crippen molar-refractivity contribution in [1.82, 2.24) is 15.6 Å². The van der Waals surface area contributed by atoms with Crippen LogP contribution in [0, 0.1) is 11.6 Å². The first-order valence-electron chi connectivity index (χ1n) is 11.0. The van der Waals surface area contributed by atoms with Crippen molar-refractivity contribution < 1.29 is 23.1 Å². The standard InChI is InChI=1S/C24H23ClF2N4O3S/c25-14-5-8-16(9-6-14)34-12-22-29-21(13-35-22)23(32)30-19-3-1-2-4-20(19)31-24(33)28-15-7-10-17(26)18(27)11-15/h5-11,13,19-20H,1-4,12H2,(H,30,32)(H2,28,31,33)/t19-,20+/m1/s1. The lowest BCUT2D eigenvalue weighted by Gasteiger charge is -2.32. The number of amides is 3. The molecule has 3 aromatic rings. The first-order chi connectivity index (χ1) is 16.9. The average Bonchev–Trinajstić information content (AvgIpc) is 3.32. The van der Waals surface area contributed by atoms with E-state index in [9.17, 15) is 18.4 Å². The monoisotopic (exact) mass is 520 g/mol. The van der Waals surface area contributed by atoms with E-state index in [0.29, 0.717) is 28.6 Å². The number of nitrogens with zero attached hydrogens (tertiary/aromatic N) is 1. The van der Waals surface area contributed by atoms with Crippen molar-refractivity contribution in [2.24, 2.45) is 0 Å². The lowest BCUT2D eigenvalue weighted by atomic mass is 9.90. The topological polar surface area (TPSA) is 92.4 Å². The predicted octanol–water partition coefficient (Wildman–Crippen LogP) is 5.52. The molecule has 0 unspecified atom stereocenters. The van der Waals surface area contributed by atoms with E-state index in [1.54, 1.807) is 29.6 Å². The van der Waals surface area contributed by atoms with Gasteiger partial charge in [-0.2, -0.15) is 0 Å². The quantitative estimate of drug-likeness (QED) is 0.382. The van der Waals surface area contributed by atoms with E-state index >= 15 is 0 Å². The lowest BCUT2D eigenvalue weighted by molar-refractivity contribution is 0.0911. The van der Waals surface area contributed by atoms with E-state index in [0.717, 1.165) is 25.0 Å². The van der Waals surface area contributed by atoms with E-state index in [1.807, 2.05) is 0 Å². The molecule has 0 aliphatic heterocycles. The van der Waals surface area contributed by atoms with Gasteiger partial charge in [-0.3, -0.25) is 4.79 Å². The average molecular weight is 521 g/mol. The smallest absolute Gasteiger partial charge is 0.319 e. The molecule has 1 aliphatic rings. The second-order valence-electron chi connectivity index (χ2n) is 8.07. The third-order valence-electron chi connectivity index (χ3n) is 5.54. The van der Waals surface area contributed by atoms with Crippen molar-refractivity contribution in [3.05, 3.63) is 75.2 Å². The van der Waals surface area contributed by atoms with E-state index in [1.165, 1.54) is 17.4 Å². The number of halogens is 3. The lowest BCUT2D eigenvalue weighted by Crippen LogP contribution is -2.54. The molecule has 7 nitrogen and oxygen atoms in total. The van der Waals surface area contributed by atoms with Crippen molar-refractivity contribution in [1.29, 1.82) is 0 Å². The molecular weight excluding hydrogens is 498 g/mol. The number of rotatable bonds is 7. The Balaban J connectivity index is 1.31. The molecular formula is C24H23ClF2N4O3S. The number of anilines is 1. The second kappa shape index (κ2) is 11.5. The molecule has 0 saturated heterocycles. The first kappa shape index (κ1) is 24.9. The Morgan fingerprint density at radius 1 is 1.03 bits per heavy atom. The van der Waals surface area contributed by atoms with Crippen LogP contribution in [0.25, 0.3) is 0 Å². The first-order valence-corrected chi connectivity index (χ1v) is 12.3. The molecule has 0 bridgehead atoms. The van der Waals surface area contributed by atoms with Gasteiger partial charge in [-0.25, -0.2) is 18.6 Å². The Bertz CT molecular complexity index is 1190. The summed E-state index contributed by atoms with van der Waals surface area (Å²) in [7, 11) is 0. The molecule has 2 atom stereocenters. The Kier molecular flexibility index (Phi) is 8.14. The molecule has 1 heterocycles. The summed E-state index contributed by atoms with van der Waals surface area (Å²) in [6, 6.07) is 8.92. The molecule has 184 valence electrons. The number of hydrogen-bond acceptors (Lipinski definition) is 5. The van der Waals surface area contributed by atoms with E-state index in [2.05, 4.69) is 20.9 Å². The molecule has 1 aliphatic carbocycles. The Morgan fingerprint density at radius 3 is 2.46 bits per heavy atom. The van der Waals surface area contributed by atoms with Gasteiger partial charge in [0.25, 0.3) is 5.91 Å². The fourth-order valence-electron chi connectivity index (χ4n) is 3.79. The van der Waals surface area contributed by atoms with Gasteiger partial charge in [-0.05, 0) is 49.2 Å². The number of urea groups is 1. The van der Waals surface area contributed by atoms with Crippen LogP contribution < -0.4 is 20.7 Å². The van der Waals surface area contributed by atoms with E-state index < -0.39 is 17.7 Å². The molecule has 1 aromatic heterocycles. The summed E-state index contributed by atoms with van der Waals surface area (Å²) in [6.07, 6.45) is 3.17. The normalized spacial score (nSPS) is 17.5. The summed E-state index contributed by atoms with van der Waals surface area (Å²) >= 11 is 7.19. The highest BCUT2D eigenvalue weighted by Crippen LogP contribution is 2.21. The minimum atomic E-state index is -1.05. The summed E-state index contributed by atoms with van der Waals surface area (Å²) in [5, 5.41) is 11.2. The minimum Gasteiger partial charge on any atom is -0.486 e. The Hall–Kier alpha value is -3.24. The van der Waals surface area contributed by atoms with Gasteiger partial charge in [0.2, 0.25) is 0 Å². The van der Waals surface area contributed by atoms with Gasteiger partial charge in [0, 0.05) is 28.2 Å². The van der Waals surface area contributed by atoms with Gasteiger partial charge in [0.15, 0.2) is 11.6 Å². The van der Waals surface area contributed by atoms with Gasteiger partial charge >= 0.3 is 6.03 Å². The molecule has 0 radical (unpaired) electrons. The highest BCUT2D eigenvalue weighted by atomic mass is 35.5. The SMILES string of the molecule is O=C(Nc1ccc(F)c(F)c1)N[C@H]1CCCC[C@H]1NC(=O)c1csc(COc2ccc(Cl)cc2)n1. The zero-order chi connectivity index (χ0) is 24.8. The predicted molar refractivity (Wildman–Crippen MR) is 130 cm³/mol. The molecule has 0 spiro atoms. The van der Waals surface area contributed by atoms with Gasteiger partial charge in [-0.1, -0.05) is 24.4 Å². The van der Waals surface area contributed by atoms with Crippen LogP contribution in [0.5, 0.6) is 5.75 Å². The maximum absolute atomic E-state index is 13.4. The minimum absolute atomic E-state index is 0.133. The molecule has 1 saturated carbocycles. The summed E-state index contributed by atoms with van der Waals surface area (Å²) in [5.41, 5.74) is 0.411. The summed E-state index contributed by atoms with van der Waals surface area (Å²) < 4.78 is 32.2. The number of carbonyl (C=O) groups excluding carboxylic acids is 2. The maximum Gasteiger partial charge on any atom is 0.319 e. The summed E-state index contributed by atoms with van der Waals surface area (Å²) in [4.78, 5) is 29.6. The Morgan fingerprint density at radius 2 is 1.74 bits per heavy atom. The molecule has 11 heteroatoms. The van der Waals surface area contributed by atoms with Crippen molar-refractivity contribution in [3.8, 4) is 5.75 Å². The van der Waals surface area contributed by atoms with Crippen LogP contribution in [-0.2, 0) is 6.61 Å². The van der Waals surface area contributed by atoms with Gasteiger partial charge < -0.3 is 20.7 Å². The summed E-state index contributed by atoms with van der Waals surface area (Å²) in [6.45, 7) is 0.220. The Labute approximate surface area is 209 Å². The van der Waals surface area contributed by atoms with E-state index in [4.69, 9.17) is 16.3 Å². The van der Waals surface area contributed by atoms with Gasteiger partial charge in [-0.15, -0.1) is 11.3 Å². The van der Waals surface area contributed by atoms with Gasteiger partial charge in [0.05, 0.1) is 6.04 Å². The second-order valence-corrected chi connectivity index (χ2v) is 9.45. The highest BCUT2D eigenvalue weighted by Gasteiger charge is 2.29. The maximum atomic E-state index is 13.4. The third kappa shape index (κ3) is 6.89. The van der Waals surface area contributed by atoms with Crippen LogP contribution in [0.1, 0.15) is 41.2 Å². The number of thiazole rings is 1. The zero-order valence-electron chi connectivity index (χ0n) is 18.5. The molecule has 1 fully saturated rings. The van der Waals surface area contributed by atoms with Crippen LogP contribution in [-0.4, -0.2) is 29.0 Å². The van der Waals surface area contributed by atoms with Crippen molar-refractivity contribution in [2.45, 2.75) is 44.4 Å². The van der Waals surface area contributed by atoms with Crippen molar-refractivity contribution >= 4 is 40.6 Å². The number of aromatic nitrogens is 1. The van der Waals surface area contributed by atoms with Crippen molar-refractivity contribution in [3.63, 3.8) is 0 Å². The van der Waals surface area contributed by atoms with Gasteiger partial charge in [0.1, 0.15) is 23.1 Å². The molecule has 4 rings (SSSR count). The third-order valence-corrected chi connectivity index (χ3v) is 6.61. The molecule has 2 aromatic carbocycles. The highest BCUT2D eigenvalue weighted by molar-refractivity contribution is 7.09. The van der Waals surface area contributed by atoms with Crippen LogP contribution >= 0.6 is 22.9 Å². The number of carbonyl (C=O) groups is 2. The largest absolute Gasteiger partial charge is 0.486 e. The number of nitrogens with one attached hydrogen (secondary N) is 3. The molecule has 35 heavy (non-hydrogen) atoms. The molecule has 3 N–H and O–H groups in total. The number of ether oxygens (including phenoxy) is 1. The fourth-order valence-corrected chi connectivity index (χ4v) is 4.60. The fraction of sp³-hybridized carbons (Fsp3) is 0.292.